The van der Waals surface area contributed by atoms with Crippen LogP contribution in [0.1, 0.15) is 27.0 Å². The van der Waals surface area contributed by atoms with Crippen molar-refractivity contribution in [2.24, 2.45) is 0 Å². The lowest BCUT2D eigenvalue weighted by Gasteiger charge is -2.08. The van der Waals surface area contributed by atoms with Gasteiger partial charge in [0.25, 0.3) is 5.91 Å². The SMILES string of the molecule is COCc1cccc(CNC(=O)c2ccc(CS(C)(=O)=O)cc2)c1. The number of rotatable bonds is 7. The molecule has 1 amide bonds. The van der Waals surface area contributed by atoms with E-state index in [2.05, 4.69) is 5.32 Å². The quantitative estimate of drug-likeness (QED) is 0.834. The fraction of sp³-hybridized carbons (Fsp3) is 0.278. The maximum atomic E-state index is 12.2. The molecule has 1 N–H and O–H groups in total. The summed E-state index contributed by atoms with van der Waals surface area (Å²) in [6.45, 7) is 0.949. The Labute approximate surface area is 142 Å². The zero-order valence-corrected chi connectivity index (χ0v) is 14.6. The van der Waals surface area contributed by atoms with Gasteiger partial charge in [-0.3, -0.25) is 4.79 Å². The summed E-state index contributed by atoms with van der Waals surface area (Å²) in [5, 5.41) is 2.85. The van der Waals surface area contributed by atoms with Crippen LogP contribution in [-0.4, -0.2) is 27.7 Å². The second-order valence-electron chi connectivity index (χ2n) is 5.70. The zero-order chi connectivity index (χ0) is 17.6. The maximum absolute atomic E-state index is 12.2. The first-order valence-corrected chi connectivity index (χ1v) is 9.55. The van der Waals surface area contributed by atoms with Crippen LogP contribution in [0.5, 0.6) is 0 Å². The molecule has 0 unspecified atom stereocenters. The Morgan fingerprint density at radius 2 is 1.71 bits per heavy atom. The molecule has 24 heavy (non-hydrogen) atoms. The highest BCUT2D eigenvalue weighted by Gasteiger charge is 2.08. The van der Waals surface area contributed by atoms with Crippen molar-refractivity contribution in [2.45, 2.75) is 18.9 Å². The molecule has 0 aliphatic heterocycles. The normalized spacial score (nSPS) is 11.2. The monoisotopic (exact) mass is 347 g/mol. The smallest absolute Gasteiger partial charge is 0.251 e. The number of hydrogen-bond donors (Lipinski definition) is 1. The second-order valence-corrected chi connectivity index (χ2v) is 7.84. The molecule has 0 bridgehead atoms. The molecule has 5 nitrogen and oxygen atoms in total. The van der Waals surface area contributed by atoms with Crippen LogP contribution >= 0.6 is 0 Å². The van der Waals surface area contributed by atoms with Crippen LogP contribution in [0.15, 0.2) is 48.5 Å². The molecule has 0 saturated heterocycles. The molecule has 0 aliphatic rings. The number of carbonyl (C=O) groups is 1. The Bertz CT molecular complexity index is 798. The molecular formula is C18H21NO4S. The zero-order valence-electron chi connectivity index (χ0n) is 13.8. The van der Waals surface area contributed by atoms with Gasteiger partial charge in [0.15, 0.2) is 9.84 Å². The molecular weight excluding hydrogens is 326 g/mol. The Kier molecular flexibility index (Phi) is 6.11. The first-order chi connectivity index (χ1) is 11.4. The van der Waals surface area contributed by atoms with Crippen molar-refractivity contribution in [2.75, 3.05) is 13.4 Å². The summed E-state index contributed by atoms with van der Waals surface area (Å²) in [5.74, 6) is -0.223. The van der Waals surface area contributed by atoms with Crippen molar-refractivity contribution in [3.63, 3.8) is 0 Å². The van der Waals surface area contributed by atoms with Crippen LogP contribution in [0.4, 0.5) is 0 Å². The summed E-state index contributed by atoms with van der Waals surface area (Å²) in [4.78, 5) is 12.2. The van der Waals surface area contributed by atoms with E-state index in [9.17, 15) is 13.2 Å². The van der Waals surface area contributed by atoms with E-state index in [1.54, 1.807) is 31.4 Å². The molecule has 0 radical (unpaired) electrons. The van der Waals surface area contributed by atoms with E-state index in [1.807, 2.05) is 24.3 Å². The third-order valence-corrected chi connectivity index (χ3v) is 4.26. The van der Waals surface area contributed by atoms with Gasteiger partial charge in [-0.25, -0.2) is 8.42 Å². The largest absolute Gasteiger partial charge is 0.380 e. The van der Waals surface area contributed by atoms with E-state index in [0.717, 1.165) is 11.1 Å². The molecule has 0 fully saturated rings. The van der Waals surface area contributed by atoms with Gasteiger partial charge < -0.3 is 10.1 Å². The first-order valence-electron chi connectivity index (χ1n) is 7.49. The molecule has 2 aromatic carbocycles. The van der Waals surface area contributed by atoms with Crippen molar-refractivity contribution in [1.29, 1.82) is 0 Å². The lowest BCUT2D eigenvalue weighted by atomic mass is 10.1. The molecule has 0 atom stereocenters. The predicted molar refractivity (Wildman–Crippen MR) is 93.3 cm³/mol. The summed E-state index contributed by atoms with van der Waals surface area (Å²) in [6.07, 6.45) is 1.19. The Hall–Kier alpha value is -2.18. The lowest BCUT2D eigenvalue weighted by Crippen LogP contribution is -2.22. The Morgan fingerprint density at radius 1 is 1.04 bits per heavy atom. The van der Waals surface area contributed by atoms with Gasteiger partial charge in [-0.2, -0.15) is 0 Å². The number of ether oxygens (including phenoxy) is 1. The average Bonchev–Trinajstić information content (AvgIpc) is 2.52. The second kappa shape index (κ2) is 8.08. The number of methoxy groups -OCH3 is 1. The summed E-state index contributed by atoms with van der Waals surface area (Å²) < 4.78 is 27.6. The molecule has 0 aliphatic carbocycles. The fourth-order valence-corrected chi connectivity index (χ4v) is 3.13. The number of nitrogens with one attached hydrogen (secondary N) is 1. The number of benzene rings is 2. The van der Waals surface area contributed by atoms with Crippen LogP contribution in [0.25, 0.3) is 0 Å². The molecule has 0 aromatic heterocycles. The summed E-state index contributed by atoms with van der Waals surface area (Å²) in [6, 6.07) is 14.4. The third kappa shape index (κ3) is 5.79. The summed E-state index contributed by atoms with van der Waals surface area (Å²) >= 11 is 0. The average molecular weight is 347 g/mol. The van der Waals surface area contributed by atoms with Crippen molar-refractivity contribution in [3.05, 3.63) is 70.8 Å². The number of sulfone groups is 1. The van der Waals surface area contributed by atoms with Crippen LogP contribution in [-0.2, 0) is 33.5 Å². The van der Waals surface area contributed by atoms with E-state index in [0.29, 0.717) is 24.3 Å². The molecule has 2 rings (SSSR count). The van der Waals surface area contributed by atoms with E-state index < -0.39 is 9.84 Å². The van der Waals surface area contributed by atoms with Gasteiger partial charge in [0, 0.05) is 25.5 Å². The fourth-order valence-electron chi connectivity index (χ4n) is 2.34. The van der Waals surface area contributed by atoms with Crippen LogP contribution in [0, 0.1) is 0 Å². The topological polar surface area (TPSA) is 72.5 Å². The van der Waals surface area contributed by atoms with Crippen molar-refractivity contribution in [3.8, 4) is 0 Å². The van der Waals surface area contributed by atoms with E-state index in [-0.39, 0.29) is 11.7 Å². The molecule has 2 aromatic rings. The minimum absolute atomic E-state index is 0.0266. The van der Waals surface area contributed by atoms with E-state index in [4.69, 9.17) is 4.74 Å². The highest BCUT2D eigenvalue weighted by molar-refractivity contribution is 7.89. The van der Waals surface area contributed by atoms with Crippen LogP contribution < -0.4 is 5.32 Å². The van der Waals surface area contributed by atoms with Gasteiger partial charge in [-0.15, -0.1) is 0 Å². The highest BCUT2D eigenvalue weighted by Crippen LogP contribution is 2.09. The molecule has 128 valence electrons. The third-order valence-electron chi connectivity index (χ3n) is 3.40. The van der Waals surface area contributed by atoms with E-state index >= 15 is 0 Å². The predicted octanol–water partition coefficient (Wildman–Crippen LogP) is 2.31. The Balaban J connectivity index is 1.96. The Morgan fingerprint density at radius 3 is 2.33 bits per heavy atom. The lowest BCUT2D eigenvalue weighted by molar-refractivity contribution is 0.0951. The summed E-state index contributed by atoms with van der Waals surface area (Å²) in [5.41, 5.74) is 3.21. The van der Waals surface area contributed by atoms with E-state index in [1.165, 1.54) is 6.26 Å². The van der Waals surface area contributed by atoms with Gasteiger partial charge in [-0.05, 0) is 28.8 Å². The van der Waals surface area contributed by atoms with Crippen molar-refractivity contribution < 1.29 is 17.9 Å². The van der Waals surface area contributed by atoms with Gasteiger partial charge in [0.05, 0.1) is 12.4 Å². The molecule has 0 saturated carbocycles. The highest BCUT2D eigenvalue weighted by atomic mass is 32.2. The minimum atomic E-state index is -3.08. The summed E-state index contributed by atoms with van der Waals surface area (Å²) in [7, 11) is -1.44. The van der Waals surface area contributed by atoms with Crippen molar-refractivity contribution in [1.82, 2.24) is 5.32 Å². The van der Waals surface area contributed by atoms with Gasteiger partial charge in [0.1, 0.15) is 0 Å². The molecule has 0 spiro atoms. The van der Waals surface area contributed by atoms with Gasteiger partial charge in [-0.1, -0.05) is 36.4 Å². The van der Waals surface area contributed by atoms with Crippen LogP contribution in [0.3, 0.4) is 0 Å². The molecule has 0 heterocycles. The molecule has 6 heteroatoms. The van der Waals surface area contributed by atoms with Gasteiger partial charge >= 0.3 is 0 Å². The van der Waals surface area contributed by atoms with Crippen LogP contribution in [0.2, 0.25) is 0 Å². The number of amides is 1. The number of carbonyl (C=O) groups excluding carboxylic acids is 1. The first kappa shape index (κ1) is 18.2. The maximum Gasteiger partial charge on any atom is 0.251 e. The van der Waals surface area contributed by atoms with Crippen molar-refractivity contribution >= 4 is 15.7 Å². The number of hydrogen-bond acceptors (Lipinski definition) is 4. The standard InChI is InChI=1S/C18H21NO4S/c1-23-12-16-5-3-4-15(10-16)11-19-18(20)17-8-6-14(7-9-17)13-24(2,21)22/h3-10H,11-13H2,1-2H3,(H,19,20). The minimum Gasteiger partial charge on any atom is -0.380 e. The van der Waals surface area contributed by atoms with Gasteiger partial charge in [0.2, 0.25) is 0 Å².